The van der Waals surface area contributed by atoms with Crippen molar-refractivity contribution in [2.24, 2.45) is 0 Å². The molecule has 88 valence electrons. The molecule has 4 nitrogen and oxygen atoms in total. The molecule has 5 heteroatoms. The van der Waals surface area contributed by atoms with E-state index in [0.29, 0.717) is 18.2 Å². The number of phenols is 1. The molecular weight excluding hydrogens is 234 g/mol. The van der Waals surface area contributed by atoms with E-state index in [4.69, 9.17) is 0 Å². The van der Waals surface area contributed by atoms with Gasteiger partial charge in [-0.25, -0.2) is 4.98 Å². The molecule has 2 N–H and O–H groups in total. The van der Waals surface area contributed by atoms with Gasteiger partial charge in [-0.1, -0.05) is 12.1 Å². The van der Waals surface area contributed by atoms with E-state index < -0.39 is 0 Å². The van der Waals surface area contributed by atoms with E-state index in [0.717, 1.165) is 16.5 Å². The molecular formula is C12H13N3OS. The van der Waals surface area contributed by atoms with Crippen LogP contribution in [-0.2, 0) is 6.54 Å². The predicted octanol–water partition coefficient (Wildman–Crippen LogP) is 2.73. The number of aromatic hydroxyl groups is 1. The highest BCUT2D eigenvalue weighted by atomic mass is 32.1. The van der Waals surface area contributed by atoms with Crippen molar-refractivity contribution >= 4 is 16.7 Å². The van der Waals surface area contributed by atoms with Gasteiger partial charge < -0.3 is 10.4 Å². The molecule has 0 aliphatic heterocycles. The van der Waals surface area contributed by atoms with Gasteiger partial charge in [0.25, 0.3) is 0 Å². The van der Waals surface area contributed by atoms with Gasteiger partial charge in [0.1, 0.15) is 11.6 Å². The maximum absolute atomic E-state index is 9.17. The fourth-order valence-electron chi connectivity index (χ4n) is 1.61. The van der Waals surface area contributed by atoms with Crippen LogP contribution in [0.25, 0.3) is 0 Å². The Balaban J connectivity index is 1.60. The topological polar surface area (TPSA) is 58.0 Å². The lowest BCUT2D eigenvalue weighted by Gasteiger charge is -2.02. The summed E-state index contributed by atoms with van der Waals surface area (Å²) in [7, 11) is 0. The van der Waals surface area contributed by atoms with Crippen LogP contribution in [0.1, 0.15) is 30.1 Å². The van der Waals surface area contributed by atoms with E-state index in [-0.39, 0.29) is 0 Å². The maximum Gasteiger partial charge on any atom is 0.202 e. The molecule has 2 aromatic rings. The van der Waals surface area contributed by atoms with Gasteiger partial charge in [0.05, 0.1) is 0 Å². The first-order valence-electron chi connectivity index (χ1n) is 5.66. The quantitative estimate of drug-likeness (QED) is 0.872. The molecule has 1 aliphatic carbocycles. The minimum absolute atomic E-state index is 0.292. The van der Waals surface area contributed by atoms with Crippen molar-refractivity contribution in [1.29, 1.82) is 0 Å². The Bertz CT molecular complexity index is 505. The maximum atomic E-state index is 9.17. The van der Waals surface area contributed by atoms with E-state index in [1.807, 2.05) is 12.1 Å². The van der Waals surface area contributed by atoms with Gasteiger partial charge in [0, 0.05) is 24.0 Å². The second kappa shape index (κ2) is 4.33. The normalized spacial score (nSPS) is 14.8. The number of aromatic nitrogens is 2. The number of anilines is 1. The van der Waals surface area contributed by atoms with Gasteiger partial charge in [-0.15, -0.1) is 0 Å². The molecule has 0 radical (unpaired) electrons. The summed E-state index contributed by atoms with van der Waals surface area (Å²) >= 11 is 1.42. The van der Waals surface area contributed by atoms with Crippen molar-refractivity contribution in [2.45, 2.75) is 25.3 Å². The summed E-state index contributed by atoms with van der Waals surface area (Å²) < 4.78 is 4.33. The molecule has 0 unspecified atom stereocenters. The van der Waals surface area contributed by atoms with Gasteiger partial charge in [-0.2, -0.15) is 4.37 Å². The third-order valence-corrected chi connectivity index (χ3v) is 3.45. The minimum atomic E-state index is 0.292. The van der Waals surface area contributed by atoms with Crippen LogP contribution >= 0.6 is 11.5 Å². The van der Waals surface area contributed by atoms with Gasteiger partial charge in [-0.3, -0.25) is 0 Å². The Hall–Kier alpha value is -1.62. The first kappa shape index (κ1) is 10.5. The third kappa shape index (κ3) is 2.55. The monoisotopic (exact) mass is 247 g/mol. The number of hydrogen-bond donors (Lipinski definition) is 2. The highest BCUT2D eigenvalue weighted by molar-refractivity contribution is 7.09. The molecule has 0 spiro atoms. The number of nitrogens with one attached hydrogen (secondary N) is 1. The van der Waals surface area contributed by atoms with Crippen molar-refractivity contribution < 1.29 is 5.11 Å². The average Bonchev–Trinajstić information content (AvgIpc) is 3.09. The zero-order valence-corrected chi connectivity index (χ0v) is 10.1. The smallest absolute Gasteiger partial charge is 0.202 e. The van der Waals surface area contributed by atoms with Crippen molar-refractivity contribution in [2.75, 3.05) is 5.32 Å². The summed E-state index contributed by atoms with van der Waals surface area (Å²) in [6.45, 7) is 0.708. The number of nitrogens with zero attached hydrogens (tertiary/aromatic N) is 2. The van der Waals surface area contributed by atoms with Crippen molar-refractivity contribution in [3.63, 3.8) is 0 Å². The van der Waals surface area contributed by atoms with Crippen LogP contribution < -0.4 is 5.32 Å². The lowest BCUT2D eigenvalue weighted by Crippen LogP contribution is -1.98. The summed E-state index contributed by atoms with van der Waals surface area (Å²) in [5.74, 6) is 1.89. The molecule has 17 heavy (non-hydrogen) atoms. The SMILES string of the molecule is Oc1ccc(CNc2nc(C3CC3)ns2)cc1. The molecule has 0 bridgehead atoms. The Morgan fingerprint density at radius 3 is 2.76 bits per heavy atom. The molecule has 1 fully saturated rings. The lowest BCUT2D eigenvalue weighted by molar-refractivity contribution is 0.475. The van der Waals surface area contributed by atoms with Crippen molar-refractivity contribution in [3.8, 4) is 5.75 Å². The summed E-state index contributed by atoms with van der Waals surface area (Å²) in [6.07, 6.45) is 2.46. The lowest BCUT2D eigenvalue weighted by atomic mass is 10.2. The van der Waals surface area contributed by atoms with E-state index in [1.54, 1.807) is 12.1 Å². The minimum Gasteiger partial charge on any atom is -0.508 e. The van der Waals surface area contributed by atoms with Crippen LogP contribution in [0.3, 0.4) is 0 Å². The summed E-state index contributed by atoms with van der Waals surface area (Å²) in [5, 5.41) is 13.3. The zero-order valence-electron chi connectivity index (χ0n) is 9.26. The van der Waals surface area contributed by atoms with Gasteiger partial charge in [0.2, 0.25) is 5.13 Å². The summed E-state index contributed by atoms with van der Waals surface area (Å²) in [4.78, 5) is 4.45. The largest absolute Gasteiger partial charge is 0.508 e. The van der Waals surface area contributed by atoms with Gasteiger partial charge >= 0.3 is 0 Å². The first-order chi connectivity index (χ1) is 8.31. The van der Waals surface area contributed by atoms with Gasteiger partial charge in [0.15, 0.2) is 0 Å². The molecule has 0 saturated heterocycles. The van der Waals surface area contributed by atoms with Gasteiger partial charge in [-0.05, 0) is 30.5 Å². The Morgan fingerprint density at radius 1 is 1.29 bits per heavy atom. The Labute approximate surface area is 104 Å². The highest BCUT2D eigenvalue weighted by Crippen LogP contribution is 2.39. The number of benzene rings is 1. The Kier molecular flexibility index (Phi) is 2.68. The van der Waals surface area contributed by atoms with Crippen LogP contribution in [0.2, 0.25) is 0 Å². The fourth-order valence-corrected chi connectivity index (χ4v) is 2.25. The molecule has 3 rings (SSSR count). The molecule has 1 aromatic carbocycles. The number of hydrogen-bond acceptors (Lipinski definition) is 5. The van der Waals surface area contributed by atoms with E-state index >= 15 is 0 Å². The summed E-state index contributed by atoms with van der Waals surface area (Å²) in [5.41, 5.74) is 1.12. The van der Waals surface area contributed by atoms with E-state index in [9.17, 15) is 5.11 Å². The van der Waals surface area contributed by atoms with Crippen LogP contribution in [0.15, 0.2) is 24.3 Å². The molecule has 1 aromatic heterocycles. The standard InChI is InChI=1S/C12H13N3OS/c16-10-5-1-8(2-6-10)7-13-12-14-11(15-17-12)9-3-4-9/h1-2,5-6,9,16H,3-4,7H2,(H,13,14,15). The van der Waals surface area contributed by atoms with E-state index in [2.05, 4.69) is 14.7 Å². The van der Waals surface area contributed by atoms with Crippen LogP contribution in [0.5, 0.6) is 5.75 Å². The van der Waals surface area contributed by atoms with Crippen molar-refractivity contribution in [3.05, 3.63) is 35.7 Å². The molecule has 1 aliphatic rings. The molecule has 0 atom stereocenters. The second-order valence-corrected chi connectivity index (χ2v) is 5.00. The second-order valence-electron chi connectivity index (χ2n) is 4.25. The molecule has 1 saturated carbocycles. The van der Waals surface area contributed by atoms with Crippen molar-refractivity contribution in [1.82, 2.24) is 9.36 Å². The van der Waals surface area contributed by atoms with Crippen LogP contribution in [0, 0.1) is 0 Å². The third-order valence-electron chi connectivity index (χ3n) is 2.76. The summed E-state index contributed by atoms with van der Waals surface area (Å²) in [6, 6.07) is 7.16. The van der Waals surface area contributed by atoms with Crippen LogP contribution in [0.4, 0.5) is 5.13 Å². The first-order valence-corrected chi connectivity index (χ1v) is 6.44. The van der Waals surface area contributed by atoms with E-state index in [1.165, 1.54) is 24.4 Å². The number of phenolic OH excluding ortho intramolecular Hbond substituents is 1. The highest BCUT2D eigenvalue weighted by Gasteiger charge is 2.27. The predicted molar refractivity (Wildman–Crippen MR) is 67.3 cm³/mol. The Morgan fingerprint density at radius 2 is 2.06 bits per heavy atom. The zero-order chi connectivity index (χ0) is 11.7. The number of rotatable bonds is 4. The fraction of sp³-hybridized carbons (Fsp3) is 0.333. The molecule has 0 amide bonds. The average molecular weight is 247 g/mol. The van der Waals surface area contributed by atoms with Crippen LogP contribution in [-0.4, -0.2) is 14.5 Å². The molecule has 1 heterocycles.